The Balaban J connectivity index is 1.80. The monoisotopic (exact) mass is 310 g/mol. The van der Waals surface area contributed by atoms with Crippen molar-refractivity contribution >= 4 is 23.7 Å². The van der Waals surface area contributed by atoms with Gasteiger partial charge < -0.3 is 10.1 Å². The third-order valence-corrected chi connectivity index (χ3v) is 5.01. The smallest absolute Gasteiger partial charge is 0.325 e. The van der Waals surface area contributed by atoms with Crippen LogP contribution in [0.1, 0.15) is 12.0 Å². The molecular formula is C14H15FN2O3S. The van der Waals surface area contributed by atoms with E-state index in [0.717, 1.165) is 10.7 Å². The van der Waals surface area contributed by atoms with E-state index < -0.39 is 17.4 Å². The summed E-state index contributed by atoms with van der Waals surface area (Å²) in [7, 11) is 1.39. The second-order valence-electron chi connectivity index (χ2n) is 5.18. The van der Waals surface area contributed by atoms with Gasteiger partial charge in [0.15, 0.2) is 11.6 Å². The van der Waals surface area contributed by atoms with E-state index in [1.807, 2.05) is 0 Å². The number of urea groups is 1. The Hall–Kier alpha value is -1.76. The number of nitrogens with zero attached hydrogens (tertiary/aromatic N) is 1. The number of benzene rings is 1. The van der Waals surface area contributed by atoms with Gasteiger partial charge in [0, 0.05) is 5.75 Å². The molecule has 2 aliphatic heterocycles. The summed E-state index contributed by atoms with van der Waals surface area (Å²) >= 11 is 1.65. The van der Waals surface area contributed by atoms with Gasteiger partial charge in [-0.25, -0.2) is 9.18 Å². The van der Waals surface area contributed by atoms with E-state index in [1.54, 1.807) is 17.8 Å². The van der Waals surface area contributed by atoms with Gasteiger partial charge in [-0.3, -0.25) is 9.69 Å². The van der Waals surface area contributed by atoms with Crippen LogP contribution in [-0.4, -0.2) is 41.0 Å². The first kappa shape index (κ1) is 14.2. The molecule has 1 N–H and O–H groups in total. The Morgan fingerprint density at radius 3 is 2.90 bits per heavy atom. The van der Waals surface area contributed by atoms with Crippen molar-refractivity contribution in [3.05, 3.63) is 29.6 Å². The van der Waals surface area contributed by atoms with Gasteiger partial charge in [-0.15, -0.1) is 0 Å². The zero-order valence-corrected chi connectivity index (χ0v) is 12.3. The lowest BCUT2D eigenvalue weighted by Gasteiger charge is -2.19. The van der Waals surface area contributed by atoms with E-state index in [-0.39, 0.29) is 18.2 Å². The molecule has 3 rings (SSSR count). The predicted molar refractivity (Wildman–Crippen MR) is 76.7 cm³/mol. The molecule has 2 heterocycles. The molecule has 21 heavy (non-hydrogen) atoms. The Morgan fingerprint density at radius 2 is 2.29 bits per heavy atom. The van der Waals surface area contributed by atoms with E-state index in [4.69, 9.17) is 4.74 Å². The zero-order chi connectivity index (χ0) is 15.0. The molecule has 5 nitrogen and oxygen atoms in total. The van der Waals surface area contributed by atoms with Gasteiger partial charge in [0.25, 0.3) is 5.91 Å². The fourth-order valence-corrected chi connectivity index (χ4v) is 3.97. The van der Waals surface area contributed by atoms with Crippen LogP contribution >= 0.6 is 11.8 Å². The van der Waals surface area contributed by atoms with Crippen LogP contribution in [0.15, 0.2) is 18.2 Å². The third kappa shape index (κ3) is 2.35. The summed E-state index contributed by atoms with van der Waals surface area (Å²) in [5, 5.41) is 2.78. The summed E-state index contributed by atoms with van der Waals surface area (Å²) in [6.45, 7) is 0.0675. The van der Waals surface area contributed by atoms with Crippen LogP contribution in [0.4, 0.5) is 9.18 Å². The Kier molecular flexibility index (Phi) is 3.52. The Bertz CT molecular complexity index is 602. The largest absolute Gasteiger partial charge is 0.494 e. The van der Waals surface area contributed by atoms with Gasteiger partial charge in [0.1, 0.15) is 5.54 Å². The lowest BCUT2D eigenvalue weighted by molar-refractivity contribution is -0.130. The molecule has 2 fully saturated rings. The van der Waals surface area contributed by atoms with E-state index in [1.165, 1.54) is 19.2 Å². The third-order valence-electron chi connectivity index (χ3n) is 3.82. The Labute approximate surface area is 125 Å². The molecule has 0 aliphatic carbocycles. The maximum Gasteiger partial charge on any atom is 0.325 e. The molecule has 2 saturated heterocycles. The number of nitrogens with one attached hydrogen (secondary N) is 1. The normalized spacial score (nSPS) is 24.8. The van der Waals surface area contributed by atoms with Crippen LogP contribution in [0.3, 0.4) is 0 Å². The molecule has 0 radical (unpaired) electrons. The van der Waals surface area contributed by atoms with Gasteiger partial charge in [-0.1, -0.05) is 6.07 Å². The number of hydrogen-bond acceptors (Lipinski definition) is 4. The minimum absolute atomic E-state index is 0.0675. The summed E-state index contributed by atoms with van der Waals surface area (Å²) in [6.07, 6.45) is 0.649. The molecule has 1 aromatic rings. The van der Waals surface area contributed by atoms with Crippen molar-refractivity contribution in [3.8, 4) is 5.75 Å². The van der Waals surface area contributed by atoms with Gasteiger partial charge in [-0.2, -0.15) is 11.8 Å². The second kappa shape index (κ2) is 5.22. The fourth-order valence-electron chi connectivity index (χ4n) is 2.64. The van der Waals surface area contributed by atoms with Crippen molar-refractivity contribution in [2.45, 2.75) is 18.5 Å². The van der Waals surface area contributed by atoms with Gasteiger partial charge in [-0.05, 0) is 29.9 Å². The van der Waals surface area contributed by atoms with Crippen molar-refractivity contribution < 1.29 is 18.7 Å². The number of rotatable bonds is 3. The molecule has 2 aliphatic rings. The number of halogens is 1. The average Bonchev–Trinajstić information content (AvgIpc) is 3.01. The van der Waals surface area contributed by atoms with Crippen LogP contribution < -0.4 is 10.1 Å². The first-order chi connectivity index (χ1) is 10.1. The molecular weight excluding hydrogens is 295 g/mol. The maximum atomic E-state index is 13.7. The SMILES string of the molecule is COc1ccc(CN2C(=O)N[C@@]3(CCSC3)C2=O)cc1F. The molecule has 0 saturated carbocycles. The highest BCUT2D eigenvalue weighted by Crippen LogP contribution is 2.34. The van der Waals surface area contributed by atoms with E-state index >= 15 is 0 Å². The van der Waals surface area contributed by atoms with Crippen LogP contribution in [0, 0.1) is 5.82 Å². The molecule has 1 aromatic carbocycles. The van der Waals surface area contributed by atoms with Crippen LogP contribution in [0.5, 0.6) is 5.75 Å². The van der Waals surface area contributed by atoms with Gasteiger partial charge >= 0.3 is 6.03 Å². The fraction of sp³-hybridized carbons (Fsp3) is 0.429. The van der Waals surface area contributed by atoms with Crippen molar-refractivity contribution in [2.24, 2.45) is 0 Å². The van der Waals surface area contributed by atoms with Crippen molar-refractivity contribution in [2.75, 3.05) is 18.6 Å². The lowest BCUT2D eigenvalue weighted by Crippen LogP contribution is -2.46. The molecule has 0 unspecified atom stereocenters. The average molecular weight is 310 g/mol. The highest BCUT2D eigenvalue weighted by molar-refractivity contribution is 7.99. The molecule has 0 aromatic heterocycles. The number of amides is 3. The Morgan fingerprint density at radius 1 is 1.48 bits per heavy atom. The standard InChI is InChI=1S/C14H15FN2O3S/c1-20-11-3-2-9(6-10(11)15)7-17-12(18)14(16-13(17)19)4-5-21-8-14/h2-3,6H,4-5,7-8H2,1H3,(H,16,19)/t14-/m1/s1. The summed E-state index contributed by atoms with van der Waals surface area (Å²) in [6, 6.07) is 4.02. The predicted octanol–water partition coefficient (Wildman–Crippen LogP) is 1.76. The van der Waals surface area contributed by atoms with E-state index in [0.29, 0.717) is 17.7 Å². The minimum atomic E-state index is -0.757. The molecule has 0 bridgehead atoms. The number of ether oxygens (including phenoxy) is 1. The maximum absolute atomic E-state index is 13.7. The number of carbonyl (C=O) groups excluding carboxylic acids is 2. The second-order valence-corrected chi connectivity index (χ2v) is 6.28. The summed E-state index contributed by atoms with van der Waals surface area (Å²) < 4.78 is 18.5. The van der Waals surface area contributed by atoms with Crippen LogP contribution in [0.2, 0.25) is 0 Å². The molecule has 3 amide bonds. The quantitative estimate of drug-likeness (QED) is 0.864. The summed E-state index contributed by atoms with van der Waals surface area (Å²) in [5.74, 6) is 0.878. The molecule has 1 spiro atoms. The minimum Gasteiger partial charge on any atom is -0.494 e. The number of thioether (sulfide) groups is 1. The zero-order valence-electron chi connectivity index (χ0n) is 11.5. The number of methoxy groups -OCH3 is 1. The summed E-state index contributed by atoms with van der Waals surface area (Å²) in [4.78, 5) is 25.6. The highest BCUT2D eigenvalue weighted by atomic mass is 32.2. The molecule has 7 heteroatoms. The topological polar surface area (TPSA) is 58.6 Å². The van der Waals surface area contributed by atoms with Crippen molar-refractivity contribution in [1.29, 1.82) is 0 Å². The number of imide groups is 1. The number of carbonyl (C=O) groups is 2. The van der Waals surface area contributed by atoms with Crippen LogP contribution in [0.25, 0.3) is 0 Å². The van der Waals surface area contributed by atoms with Gasteiger partial charge in [0.05, 0.1) is 13.7 Å². The number of hydrogen-bond donors (Lipinski definition) is 1. The van der Waals surface area contributed by atoms with Crippen molar-refractivity contribution in [3.63, 3.8) is 0 Å². The first-order valence-corrected chi connectivity index (χ1v) is 7.75. The van der Waals surface area contributed by atoms with E-state index in [9.17, 15) is 14.0 Å². The first-order valence-electron chi connectivity index (χ1n) is 6.60. The lowest BCUT2D eigenvalue weighted by atomic mass is 9.99. The highest BCUT2D eigenvalue weighted by Gasteiger charge is 2.52. The van der Waals surface area contributed by atoms with Crippen LogP contribution in [-0.2, 0) is 11.3 Å². The van der Waals surface area contributed by atoms with Crippen molar-refractivity contribution in [1.82, 2.24) is 10.2 Å². The summed E-state index contributed by atoms with van der Waals surface area (Å²) in [5.41, 5.74) is -0.202. The molecule has 112 valence electrons. The molecule has 1 atom stereocenters. The van der Waals surface area contributed by atoms with E-state index in [2.05, 4.69) is 5.32 Å². The van der Waals surface area contributed by atoms with Gasteiger partial charge in [0.2, 0.25) is 0 Å².